The summed E-state index contributed by atoms with van der Waals surface area (Å²) >= 11 is 0. The minimum absolute atomic E-state index is 0.637. The third kappa shape index (κ3) is 3.35. The maximum absolute atomic E-state index is 5.33. The van der Waals surface area contributed by atoms with E-state index >= 15 is 0 Å². The van der Waals surface area contributed by atoms with Gasteiger partial charge in [-0.3, -0.25) is 0 Å². The molecule has 1 nitrogen and oxygen atoms in total. The van der Waals surface area contributed by atoms with Crippen LogP contribution in [-0.2, 0) is 11.3 Å². The molecule has 0 spiro atoms. The van der Waals surface area contributed by atoms with Crippen LogP contribution in [0.25, 0.3) is 0 Å². The number of ether oxygens (including phenoxy) is 1. The molecule has 0 amide bonds. The van der Waals surface area contributed by atoms with Crippen LogP contribution in [0.4, 0.5) is 0 Å². The second-order valence-corrected chi connectivity index (χ2v) is 2.47. The molecule has 0 fully saturated rings. The molecule has 0 saturated carbocycles. The fraction of sp³-hybridized carbons (Fsp3) is 0.182. The highest BCUT2D eigenvalue weighted by Gasteiger charge is 1.89. The molecule has 1 rings (SSSR count). The average molecular weight is 161 g/mol. The SMILES string of the molecule is C=C[CH]COCc1ccccc1. The fourth-order valence-corrected chi connectivity index (χ4v) is 0.887. The smallest absolute Gasteiger partial charge is 0.0717 e. The molecule has 0 aliphatic rings. The third-order valence-corrected chi connectivity index (χ3v) is 1.49. The van der Waals surface area contributed by atoms with Crippen LogP contribution in [0.2, 0.25) is 0 Å². The van der Waals surface area contributed by atoms with E-state index < -0.39 is 0 Å². The standard InChI is InChI=1S/C11H13O/c1-2-3-9-12-10-11-7-5-4-6-8-11/h2-8H,1,9-10H2. The molecule has 0 unspecified atom stereocenters. The van der Waals surface area contributed by atoms with Gasteiger partial charge in [0.25, 0.3) is 0 Å². The molecule has 0 bridgehead atoms. The fourth-order valence-electron chi connectivity index (χ4n) is 0.887. The van der Waals surface area contributed by atoms with Gasteiger partial charge < -0.3 is 4.74 Å². The lowest BCUT2D eigenvalue weighted by atomic mass is 10.2. The summed E-state index contributed by atoms with van der Waals surface area (Å²) in [4.78, 5) is 0. The van der Waals surface area contributed by atoms with E-state index in [-0.39, 0.29) is 0 Å². The second-order valence-electron chi connectivity index (χ2n) is 2.47. The topological polar surface area (TPSA) is 9.23 Å². The van der Waals surface area contributed by atoms with Gasteiger partial charge in [-0.2, -0.15) is 0 Å². The summed E-state index contributed by atoms with van der Waals surface area (Å²) in [5.41, 5.74) is 1.20. The predicted molar refractivity (Wildman–Crippen MR) is 50.6 cm³/mol. The molecular weight excluding hydrogens is 148 g/mol. The Morgan fingerprint density at radius 1 is 1.25 bits per heavy atom. The summed E-state index contributed by atoms with van der Waals surface area (Å²) in [5.74, 6) is 0. The molecule has 0 saturated heterocycles. The summed E-state index contributed by atoms with van der Waals surface area (Å²) in [6.07, 6.45) is 3.63. The lowest BCUT2D eigenvalue weighted by Crippen LogP contribution is -1.93. The van der Waals surface area contributed by atoms with E-state index in [0.717, 1.165) is 0 Å². The number of hydrogen-bond acceptors (Lipinski definition) is 1. The van der Waals surface area contributed by atoms with E-state index in [1.54, 1.807) is 6.08 Å². The van der Waals surface area contributed by atoms with Gasteiger partial charge in [0, 0.05) is 6.42 Å². The average Bonchev–Trinajstić information content (AvgIpc) is 2.14. The van der Waals surface area contributed by atoms with Crippen LogP contribution in [0, 0.1) is 6.42 Å². The van der Waals surface area contributed by atoms with E-state index in [4.69, 9.17) is 4.74 Å². The maximum Gasteiger partial charge on any atom is 0.0717 e. The molecule has 1 aromatic carbocycles. The molecule has 63 valence electrons. The van der Waals surface area contributed by atoms with Gasteiger partial charge in [-0.1, -0.05) is 36.4 Å². The maximum atomic E-state index is 5.33. The van der Waals surface area contributed by atoms with Crippen molar-refractivity contribution in [3.05, 3.63) is 55.0 Å². The number of rotatable bonds is 5. The molecule has 1 radical (unpaired) electrons. The first-order valence-corrected chi connectivity index (χ1v) is 3.99. The van der Waals surface area contributed by atoms with Gasteiger partial charge in [0.2, 0.25) is 0 Å². The molecule has 0 atom stereocenters. The van der Waals surface area contributed by atoms with Gasteiger partial charge in [-0.25, -0.2) is 0 Å². The highest BCUT2D eigenvalue weighted by atomic mass is 16.5. The van der Waals surface area contributed by atoms with E-state index in [1.807, 2.05) is 36.8 Å². The highest BCUT2D eigenvalue weighted by molar-refractivity contribution is 5.13. The summed E-state index contributed by atoms with van der Waals surface area (Å²) in [6, 6.07) is 10.1. The van der Waals surface area contributed by atoms with Gasteiger partial charge in [0.1, 0.15) is 0 Å². The zero-order valence-electron chi connectivity index (χ0n) is 7.07. The van der Waals surface area contributed by atoms with Gasteiger partial charge in [0.05, 0.1) is 13.2 Å². The van der Waals surface area contributed by atoms with Gasteiger partial charge >= 0.3 is 0 Å². The van der Waals surface area contributed by atoms with E-state index in [1.165, 1.54) is 5.56 Å². The largest absolute Gasteiger partial charge is 0.376 e. The van der Waals surface area contributed by atoms with Crippen LogP contribution in [-0.4, -0.2) is 6.61 Å². The monoisotopic (exact) mass is 161 g/mol. The molecule has 12 heavy (non-hydrogen) atoms. The number of benzene rings is 1. The first-order valence-electron chi connectivity index (χ1n) is 3.99. The van der Waals surface area contributed by atoms with Crippen molar-refractivity contribution in [2.24, 2.45) is 0 Å². The van der Waals surface area contributed by atoms with Crippen LogP contribution in [0.3, 0.4) is 0 Å². The quantitative estimate of drug-likeness (QED) is 0.603. The Labute approximate surface area is 73.7 Å². The molecule has 0 aromatic heterocycles. The van der Waals surface area contributed by atoms with E-state index in [0.29, 0.717) is 13.2 Å². The van der Waals surface area contributed by atoms with Crippen LogP contribution in [0.5, 0.6) is 0 Å². The van der Waals surface area contributed by atoms with Crippen molar-refractivity contribution in [3.8, 4) is 0 Å². The molecular formula is C11H13O. The van der Waals surface area contributed by atoms with Crippen LogP contribution >= 0.6 is 0 Å². The van der Waals surface area contributed by atoms with Crippen molar-refractivity contribution in [2.45, 2.75) is 6.61 Å². The molecule has 1 aromatic rings. The first-order chi connectivity index (χ1) is 5.93. The van der Waals surface area contributed by atoms with Crippen molar-refractivity contribution in [2.75, 3.05) is 6.61 Å². The zero-order valence-corrected chi connectivity index (χ0v) is 7.07. The molecule has 0 heterocycles. The summed E-state index contributed by atoms with van der Waals surface area (Å²) in [6.45, 7) is 4.88. The van der Waals surface area contributed by atoms with Crippen molar-refractivity contribution >= 4 is 0 Å². The lowest BCUT2D eigenvalue weighted by Gasteiger charge is -2.01. The first kappa shape index (κ1) is 9.01. The van der Waals surface area contributed by atoms with E-state index in [9.17, 15) is 0 Å². The Bertz CT molecular complexity index is 216. The van der Waals surface area contributed by atoms with Crippen LogP contribution < -0.4 is 0 Å². The van der Waals surface area contributed by atoms with Gasteiger partial charge in [-0.05, 0) is 5.56 Å². The van der Waals surface area contributed by atoms with E-state index in [2.05, 4.69) is 6.58 Å². The van der Waals surface area contributed by atoms with Gasteiger partial charge in [0.15, 0.2) is 0 Å². The zero-order chi connectivity index (χ0) is 8.65. The second kappa shape index (κ2) is 5.56. The van der Waals surface area contributed by atoms with Crippen LogP contribution in [0.1, 0.15) is 5.56 Å². The normalized spacial score (nSPS) is 9.67. The highest BCUT2D eigenvalue weighted by Crippen LogP contribution is 2.00. The van der Waals surface area contributed by atoms with Crippen molar-refractivity contribution in [1.82, 2.24) is 0 Å². The molecule has 0 N–H and O–H groups in total. The Morgan fingerprint density at radius 2 is 2.00 bits per heavy atom. The Kier molecular flexibility index (Phi) is 4.17. The molecule has 1 heteroatoms. The molecule has 0 aliphatic heterocycles. The summed E-state index contributed by atoms with van der Waals surface area (Å²) in [5, 5.41) is 0. The summed E-state index contributed by atoms with van der Waals surface area (Å²) < 4.78 is 5.33. The van der Waals surface area contributed by atoms with Crippen molar-refractivity contribution in [1.29, 1.82) is 0 Å². The lowest BCUT2D eigenvalue weighted by molar-refractivity contribution is 0.142. The Balaban J connectivity index is 2.20. The summed E-state index contributed by atoms with van der Waals surface area (Å²) in [7, 11) is 0. The number of hydrogen-bond donors (Lipinski definition) is 0. The minimum Gasteiger partial charge on any atom is -0.376 e. The van der Waals surface area contributed by atoms with Gasteiger partial charge in [-0.15, -0.1) is 6.58 Å². The predicted octanol–water partition coefficient (Wildman–Crippen LogP) is 2.59. The Morgan fingerprint density at radius 3 is 2.67 bits per heavy atom. The third-order valence-electron chi connectivity index (χ3n) is 1.49. The minimum atomic E-state index is 0.637. The van der Waals surface area contributed by atoms with Crippen LogP contribution in [0.15, 0.2) is 43.0 Å². The van der Waals surface area contributed by atoms with Crippen molar-refractivity contribution < 1.29 is 4.74 Å². The Hall–Kier alpha value is -1.08. The van der Waals surface area contributed by atoms with Crippen molar-refractivity contribution in [3.63, 3.8) is 0 Å². The molecule has 0 aliphatic carbocycles.